The van der Waals surface area contributed by atoms with Gasteiger partial charge in [0.05, 0.1) is 21.8 Å². The molecule has 9 heteroatoms. The summed E-state index contributed by atoms with van der Waals surface area (Å²) in [5, 5.41) is 6.42. The number of amides is 2. The number of carbonyl (C=O) groups excluding carboxylic acids is 3. The number of benzene rings is 2. The number of rotatable bonds is 6. The molecule has 0 fully saturated rings. The lowest BCUT2D eigenvalue weighted by Gasteiger charge is -2.15. The Kier molecular flexibility index (Phi) is 6.87. The molecule has 0 spiro atoms. The Balaban J connectivity index is 1.54. The maximum absolute atomic E-state index is 12.4. The number of ether oxygens (including phenoxy) is 1. The van der Waals surface area contributed by atoms with Gasteiger partial charge < -0.3 is 15.4 Å². The van der Waals surface area contributed by atoms with Crippen LogP contribution in [0.4, 0.5) is 5.69 Å². The molecule has 0 aliphatic rings. The molecule has 1 unspecified atom stereocenters. The zero-order valence-electron chi connectivity index (χ0n) is 15.8. The summed E-state index contributed by atoms with van der Waals surface area (Å²) in [5.41, 5.74) is 1.45. The van der Waals surface area contributed by atoms with Gasteiger partial charge in [-0.2, -0.15) is 0 Å². The number of carbonyl (C=O) groups is 3. The van der Waals surface area contributed by atoms with Crippen molar-refractivity contribution in [1.29, 1.82) is 0 Å². The van der Waals surface area contributed by atoms with Crippen molar-refractivity contribution in [2.45, 2.75) is 13.0 Å². The molecule has 2 aromatic carbocycles. The smallest absolute Gasteiger partial charge is 0.326 e. The molecular formula is C21H17Cl2N3O4. The molecule has 0 saturated carbocycles. The summed E-state index contributed by atoms with van der Waals surface area (Å²) in [6, 6.07) is 13.3. The summed E-state index contributed by atoms with van der Waals surface area (Å²) in [7, 11) is 0. The van der Waals surface area contributed by atoms with Gasteiger partial charge in [-0.3, -0.25) is 19.4 Å². The molecule has 1 heterocycles. The van der Waals surface area contributed by atoms with Gasteiger partial charge in [-0.05, 0) is 49.4 Å². The fraction of sp³-hybridized carbons (Fsp3) is 0.143. The van der Waals surface area contributed by atoms with Crippen molar-refractivity contribution in [3.63, 3.8) is 0 Å². The molecule has 3 rings (SSSR count). The summed E-state index contributed by atoms with van der Waals surface area (Å²) in [6.07, 6.45) is 0.588. The maximum atomic E-state index is 12.4. The van der Waals surface area contributed by atoms with E-state index in [-0.39, 0.29) is 10.6 Å². The molecule has 0 aliphatic heterocycles. The Labute approximate surface area is 182 Å². The lowest BCUT2D eigenvalue weighted by atomic mass is 10.2. The van der Waals surface area contributed by atoms with Crippen LogP contribution < -0.4 is 10.6 Å². The Hall–Kier alpha value is -3.16. The average molecular weight is 446 g/mol. The molecule has 0 radical (unpaired) electrons. The highest BCUT2D eigenvalue weighted by Gasteiger charge is 2.20. The zero-order valence-corrected chi connectivity index (χ0v) is 17.3. The van der Waals surface area contributed by atoms with Crippen LogP contribution in [-0.4, -0.2) is 35.4 Å². The van der Waals surface area contributed by atoms with Crippen molar-refractivity contribution in [2.24, 2.45) is 0 Å². The van der Waals surface area contributed by atoms with Gasteiger partial charge in [0.1, 0.15) is 6.54 Å². The van der Waals surface area contributed by atoms with Gasteiger partial charge in [0, 0.05) is 16.6 Å². The van der Waals surface area contributed by atoms with Gasteiger partial charge >= 0.3 is 5.97 Å². The van der Waals surface area contributed by atoms with E-state index in [1.807, 2.05) is 12.1 Å². The second-order valence-electron chi connectivity index (χ2n) is 6.30. The van der Waals surface area contributed by atoms with E-state index in [9.17, 15) is 14.4 Å². The third-order valence-corrected chi connectivity index (χ3v) is 4.70. The third-order valence-electron chi connectivity index (χ3n) is 4.15. The summed E-state index contributed by atoms with van der Waals surface area (Å²) in [6.45, 7) is 1.02. The molecule has 0 bridgehead atoms. The number of halogens is 2. The number of anilines is 1. The molecule has 2 N–H and O–H groups in total. The fourth-order valence-electron chi connectivity index (χ4n) is 2.66. The van der Waals surface area contributed by atoms with Gasteiger partial charge in [-0.1, -0.05) is 29.3 Å². The number of hydrogen-bond donors (Lipinski definition) is 2. The molecule has 7 nitrogen and oxygen atoms in total. The van der Waals surface area contributed by atoms with Crippen LogP contribution in [0.15, 0.2) is 54.7 Å². The Morgan fingerprint density at radius 3 is 2.67 bits per heavy atom. The molecular weight excluding hydrogens is 429 g/mol. The van der Waals surface area contributed by atoms with Crippen LogP contribution in [-0.2, 0) is 14.3 Å². The molecule has 2 amide bonds. The molecule has 1 aromatic heterocycles. The van der Waals surface area contributed by atoms with E-state index in [4.69, 9.17) is 27.9 Å². The minimum atomic E-state index is -1.07. The highest BCUT2D eigenvalue weighted by atomic mass is 35.5. The van der Waals surface area contributed by atoms with Crippen molar-refractivity contribution >= 4 is 57.6 Å². The van der Waals surface area contributed by atoms with Crippen molar-refractivity contribution in [1.82, 2.24) is 10.3 Å². The largest absolute Gasteiger partial charge is 0.451 e. The molecule has 3 aromatic rings. The Morgan fingerprint density at radius 1 is 1.10 bits per heavy atom. The van der Waals surface area contributed by atoms with Gasteiger partial charge in [0.25, 0.3) is 11.8 Å². The fourth-order valence-corrected chi connectivity index (χ4v) is 3.15. The highest BCUT2D eigenvalue weighted by Crippen LogP contribution is 2.22. The number of nitrogens with one attached hydrogen (secondary N) is 2. The van der Waals surface area contributed by atoms with Crippen LogP contribution in [0.5, 0.6) is 0 Å². The standard InChI is InChI=1S/C21H17Cl2N3O4/c1-12(20(28)26-18-6-2-5-17-15(18)4-3-9-24-17)30-19(27)11-25-21(29)14-8-7-13(22)10-16(14)23/h2-10,12H,11H2,1H3,(H,25,29)(H,26,28). The predicted octanol–water partition coefficient (Wildman–Crippen LogP) is 3.84. The van der Waals surface area contributed by atoms with Gasteiger partial charge in [0.15, 0.2) is 6.10 Å². The maximum Gasteiger partial charge on any atom is 0.326 e. The van der Waals surface area contributed by atoms with Crippen LogP contribution in [0.25, 0.3) is 10.9 Å². The lowest BCUT2D eigenvalue weighted by molar-refractivity contribution is -0.152. The van der Waals surface area contributed by atoms with Gasteiger partial charge in [0.2, 0.25) is 0 Å². The number of aromatic nitrogens is 1. The highest BCUT2D eigenvalue weighted by molar-refractivity contribution is 6.36. The second-order valence-corrected chi connectivity index (χ2v) is 7.15. The first-order valence-corrected chi connectivity index (χ1v) is 9.68. The minimum Gasteiger partial charge on any atom is -0.451 e. The van der Waals surface area contributed by atoms with Gasteiger partial charge in [-0.15, -0.1) is 0 Å². The summed E-state index contributed by atoms with van der Waals surface area (Å²) >= 11 is 11.8. The molecule has 1 atom stereocenters. The number of hydrogen-bond acceptors (Lipinski definition) is 5. The molecule has 154 valence electrons. The first-order valence-electron chi connectivity index (χ1n) is 8.92. The normalized spacial score (nSPS) is 11.6. The van der Waals surface area contributed by atoms with E-state index in [2.05, 4.69) is 15.6 Å². The van der Waals surface area contributed by atoms with Crippen LogP contribution in [0.1, 0.15) is 17.3 Å². The number of nitrogens with zero attached hydrogens (tertiary/aromatic N) is 1. The van der Waals surface area contributed by atoms with Gasteiger partial charge in [-0.25, -0.2) is 0 Å². The summed E-state index contributed by atoms with van der Waals surface area (Å²) < 4.78 is 5.10. The van der Waals surface area contributed by atoms with E-state index in [0.29, 0.717) is 10.7 Å². The zero-order chi connectivity index (χ0) is 21.7. The molecule has 0 saturated heterocycles. The third kappa shape index (κ3) is 5.25. The van der Waals surface area contributed by atoms with Crippen molar-refractivity contribution in [3.05, 3.63) is 70.3 Å². The van der Waals surface area contributed by atoms with E-state index in [1.54, 1.807) is 24.4 Å². The van der Waals surface area contributed by atoms with Crippen LogP contribution in [0.3, 0.4) is 0 Å². The summed E-state index contributed by atoms with van der Waals surface area (Å²) in [5.74, 6) is -1.84. The average Bonchev–Trinajstić information content (AvgIpc) is 2.72. The number of fused-ring (bicyclic) bond motifs is 1. The monoisotopic (exact) mass is 445 g/mol. The quantitative estimate of drug-likeness (QED) is 0.561. The first kappa shape index (κ1) is 21.5. The van der Waals surface area contributed by atoms with E-state index >= 15 is 0 Å². The topological polar surface area (TPSA) is 97.4 Å². The lowest BCUT2D eigenvalue weighted by Crippen LogP contribution is -2.36. The van der Waals surface area contributed by atoms with E-state index in [1.165, 1.54) is 25.1 Å². The number of pyridine rings is 1. The van der Waals surface area contributed by atoms with Crippen LogP contribution in [0.2, 0.25) is 10.0 Å². The summed E-state index contributed by atoms with van der Waals surface area (Å²) in [4.78, 5) is 40.8. The van der Waals surface area contributed by atoms with Crippen LogP contribution >= 0.6 is 23.2 Å². The second kappa shape index (κ2) is 9.56. The molecule has 0 aliphatic carbocycles. The Morgan fingerprint density at radius 2 is 1.90 bits per heavy atom. The van der Waals surface area contributed by atoms with Crippen molar-refractivity contribution < 1.29 is 19.1 Å². The SMILES string of the molecule is CC(OC(=O)CNC(=O)c1ccc(Cl)cc1Cl)C(=O)Nc1cccc2ncccc12. The first-order chi connectivity index (χ1) is 14.3. The van der Waals surface area contributed by atoms with E-state index < -0.39 is 30.4 Å². The van der Waals surface area contributed by atoms with Crippen molar-refractivity contribution in [3.8, 4) is 0 Å². The molecule has 30 heavy (non-hydrogen) atoms. The van der Waals surface area contributed by atoms with Crippen molar-refractivity contribution in [2.75, 3.05) is 11.9 Å². The van der Waals surface area contributed by atoms with Crippen LogP contribution in [0, 0.1) is 0 Å². The number of esters is 1. The van der Waals surface area contributed by atoms with E-state index in [0.717, 1.165) is 10.9 Å². The minimum absolute atomic E-state index is 0.158. The Bertz CT molecular complexity index is 1120. The predicted molar refractivity (Wildman–Crippen MR) is 115 cm³/mol.